The van der Waals surface area contributed by atoms with Gasteiger partial charge < -0.3 is 16.0 Å². The van der Waals surface area contributed by atoms with Gasteiger partial charge in [0, 0.05) is 32.4 Å². The lowest BCUT2D eigenvalue weighted by Gasteiger charge is -2.10. The van der Waals surface area contributed by atoms with Crippen molar-refractivity contribution in [3.63, 3.8) is 0 Å². The standard InChI is InChI=1S/C21H15N7S/c22-21-26-19-14(5-6-23-19)20(27-21)25-13-7-12-10-24-28-18(12)15(9-13)17-8-11-3-1-2-4-16(11)29-17/h1-10H,(H,24,28)(H4,22,23,25,26,27). The molecule has 29 heavy (non-hydrogen) atoms. The highest BCUT2D eigenvalue weighted by atomic mass is 32.1. The zero-order valence-electron chi connectivity index (χ0n) is 15.1. The average Bonchev–Trinajstić information content (AvgIpc) is 3.45. The first-order valence-electron chi connectivity index (χ1n) is 9.08. The summed E-state index contributed by atoms with van der Waals surface area (Å²) in [5.74, 6) is 0.885. The quantitative estimate of drug-likeness (QED) is 0.334. The Balaban J connectivity index is 1.52. The Morgan fingerprint density at radius 3 is 2.86 bits per heavy atom. The summed E-state index contributed by atoms with van der Waals surface area (Å²) in [6.07, 6.45) is 3.66. The number of anilines is 3. The minimum Gasteiger partial charge on any atom is -0.368 e. The minimum absolute atomic E-state index is 0.219. The first-order chi connectivity index (χ1) is 14.2. The lowest BCUT2D eigenvalue weighted by molar-refractivity contribution is 1.12. The second-order valence-electron chi connectivity index (χ2n) is 6.80. The van der Waals surface area contributed by atoms with E-state index in [0.29, 0.717) is 11.5 Å². The zero-order valence-corrected chi connectivity index (χ0v) is 15.9. The van der Waals surface area contributed by atoms with Crippen LogP contribution in [-0.2, 0) is 0 Å². The molecule has 0 amide bonds. The van der Waals surface area contributed by atoms with Gasteiger partial charge in [-0.2, -0.15) is 15.1 Å². The van der Waals surface area contributed by atoms with Crippen molar-refractivity contribution in [2.24, 2.45) is 0 Å². The van der Waals surface area contributed by atoms with Crippen LogP contribution in [0.25, 0.3) is 42.5 Å². The molecule has 0 fully saturated rings. The summed E-state index contributed by atoms with van der Waals surface area (Å²) in [7, 11) is 0. The summed E-state index contributed by atoms with van der Waals surface area (Å²) in [5, 5.41) is 13.9. The van der Waals surface area contributed by atoms with E-state index >= 15 is 0 Å². The van der Waals surface area contributed by atoms with E-state index < -0.39 is 0 Å². The molecule has 8 heteroatoms. The summed E-state index contributed by atoms with van der Waals surface area (Å²) < 4.78 is 1.26. The van der Waals surface area contributed by atoms with Crippen LogP contribution in [0, 0.1) is 0 Å². The molecule has 0 saturated heterocycles. The molecule has 6 aromatic rings. The van der Waals surface area contributed by atoms with Gasteiger partial charge in [0.05, 0.1) is 17.1 Å². The second kappa shape index (κ2) is 6.05. The molecule has 0 aliphatic rings. The van der Waals surface area contributed by atoms with Crippen LogP contribution in [0.15, 0.2) is 60.9 Å². The molecule has 4 aromatic heterocycles. The molecular weight excluding hydrogens is 382 g/mol. The highest BCUT2D eigenvalue weighted by Gasteiger charge is 2.13. The number of nitrogen functional groups attached to an aromatic ring is 1. The Labute approximate surface area is 168 Å². The zero-order chi connectivity index (χ0) is 19.4. The van der Waals surface area contributed by atoms with Crippen LogP contribution >= 0.6 is 11.3 Å². The Morgan fingerprint density at radius 1 is 1.00 bits per heavy atom. The van der Waals surface area contributed by atoms with Gasteiger partial charge in [0.25, 0.3) is 0 Å². The van der Waals surface area contributed by atoms with Crippen LogP contribution in [0.3, 0.4) is 0 Å². The summed E-state index contributed by atoms with van der Waals surface area (Å²) >= 11 is 1.76. The number of aromatic nitrogens is 5. The molecule has 0 spiro atoms. The molecule has 0 saturated carbocycles. The van der Waals surface area contributed by atoms with Gasteiger partial charge in [-0.1, -0.05) is 18.2 Å². The third-order valence-electron chi connectivity index (χ3n) is 4.94. The van der Waals surface area contributed by atoms with Gasteiger partial charge in [0.15, 0.2) is 0 Å². The first-order valence-corrected chi connectivity index (χ1v) is 9.90. The maximum Gasteiger partial charge on any atom is 0.224 e. The van der Waals surface area contributed by atoms with E-state index in [9.17, 15) is 0 Å². The van der Waals surface area contributed by atoms with Crippen molar-refractivity contribution < 1.29 is 0 Å². The van der Waals surface area contributed by atoms with E-state index in [-0.39, 0.29) is 5.95 Å². The molecule has 0 atom stereocenters. The number of rotatable bonds is 3. The van der Waals surface area contributed by atoms with Crippen molar-refractivity contribution in [1.29, 1.82) is 0 Å². The second-order valence-corrected chi connectivity index (χ2v) is 7.89. The fourth-order valence-corrected chi connectivity index (χ4v) is 4.71. The van der Waals surface area contributed by atoms with Gasteiger partial charge in [-0.05, 0) is 35.7 Å². The molecule has 0 bridgehead atoms. The molecule has 6 rings (SSSR count). The number of hydrogen-bond acceptors (Lipinski definition) is 6. The van der Waals surface area contributed by atoms with Crippen LogP contribution < -0.4 is 11.1 Å². The first kappa shape index (κ1) is 16.1. The Hall–Kier alpha value is -3.91. The van der Waals surface area contributed by atoms with Crippen molar-refractivity contribution in [2.75, 3.05) is 11.1 Å². The SMILES string of the molecule is Nc1nc(Nc2cc(-c3cc4ccccc4s3)c3[nH]ncc3c2)c2cc[nH]c2n1. The van der Waals surface area contributed by atoms with E-state index in [0.717, 1.165) is 27.5 Å². The van der Waals surface area contributed by atoms with Gasteiger partial charge in [0.2, 0.25) is 5.95 Å². The maximum atomic E-state index is 5.88. The number of hydrogen-bond donors (Lipinski definition) is 4. The molecule has 0 aliphatic heterocycles. The van der Waals surface area contributed by atoms with Crippen molar-refractivity contribution in [3.05, 3.63) is 60.9 Å². The third kappa shape index (κ3) is 2.61. The van der Waals surface area contributed by atoms with Crippen molar-refractivity contribution in [2.45, 2.75) is 0 Å². The van der Waals surface area contributed by atoms with Gasteiger partial charge in [0.1, 0.15) is 11.5 Å². The van der Waals surface area contributed by atoms with Crippen LogP contribution in [0.4, 0.5) is 17.5 Å². The molecule has 2 aromatic carbocycles. The van der Waals surface area contributed by atoms with Gasteiger partial charge in [-0.3, -0.25) is 5.10 Å². The average molecular weight is 397 g/mol. The Kier molecular flexibility index (Phi) is 3.35. The monoisotopic (exact) mass is 397 g/mol. The fourth-order valence-electron chi connectivity index (χ4n) is 3.63. The van der Waals surface area contributed by atoms with Crippen molar-refractivity contribution in [3.8, 4) is 10.4 Å². The van der Waals surface area contributed by atoms with Crippen LogP contribution in [0.2, 0.25) is 0 Å². The minimum atomic E-state index is 0.219. The molecule has 0 radical (unpaired) electrons. The maximum absolute atomic E-state index is 5.88. The van der Waals surface area contributed by atoms with Gasteiger partial charge in [-0.25, -0.2) is 0 Å². The lowest BCUT2D eigenvalue weighted by Crippen LogP contribution is -2.01. The third-order valence-corrected chi connectivity index (χ3v) is 6.08. The highest BCUT2D eigenvalue weighted by molar-refractivity contribution is 7.22. The van der Waals surface area contributed by atoms with E-state index in [1.165, 1.54) is 15.0 Å². The molecule has 7 nitrogen and oxygen atoms in total. The number of nitrogens with one attached hydrogen (secondary N) is 3. The molecule has 140 valence electrons. The highest BCUT2D eigenvalue weighted by Crippen LogP contribution is 2.38. The summed E-state index contributed by atoms with van der Waals surface area (Å²) in [6.45, 7) is 0. The number of fused-ring (bicyclic) bond motifs is 3. The number of H-pyrrole nitrogens is 2. The van der Waals surface area contributed by atoms with Crippen LogP contribution in [0.5, 0.6) is 0 Å². The Bertz CT molecular complexity index is 1470. The number of nitrogens with zero attached hydrogens (tertiary/aromatic N) is 3. The number of benzene rings is 2. The van der Waals surface area contributed by atoms with Gasteiger partial charge >= 0.3 is 0 Å². The summed E-state index contributed by atoms with van der Waals surface area (Å²) in [4.78, 5) is 12.9. The smallest absolute Gasteiger partial charge is 0.224 e. The van der Waals surface area contributed by atoms with Crippen molar-refractivity contribution >= 4 is 60.8 Å². The van der Waals surface area contributed by atoms with E-state index in [2.05, 4.69) is 66.9 Å². The molecule has 5 N–H and O–H groups in total. The normalized spacial score (nSPS) is 11.6. The Morgan fingerprint density at radius 2 is 1.93 bits per heavy atom. The van der Waals surface area contributed by atoms with Gasteiger partial charge in [-0.15, -0.1) is 11.3 Å². The van der Waals surface area contributed by atoms with Crippen LogP contribution in [0.1, 0.15) is 0 Å². The largest absolute Gasteiger partial charge is 0.368 e. The number of aromatic amines is 2. The van der Waals surface area contributed by atoms with Crippen molar-refractivity contribution in [1.82, 2.24) is 25.1 Å². The predicted molar refractivity (Wildman–Crippen MR) is 118 cm³/mol. The molecule has 0 aliphatic carbocycles. The molecule has 4 heterocycles. The molecule has 0 unspecified atom stereocenters. The number of nitrogens with two attached hydrogens (primary N) is 1. The summed E-state index contributed by atoms with van der Waals surface area (Å²) in [5.41, 5.74) is 9.60. The topological polar surface area (TPSA) is 108 Å². The van der Waals surface area contributed by atoms with E-state index in [1.807, 2.05) is 24.5 Å². The van der Waals surface area contributed by atoms with E-state index in [1.54, 1.807) is 11.3 Å². The predicted octanol–water partition coefficient (Wildman–Crippen LogP) is 5.04. The van der Waals surface area contributed by atoms with Crippen LogP contribution in [-0.4, -0.2) is 25.1 Å². The fraction of sp³-hybridized carbons (Fsp3) is 0. The molecular formula is C21H15N7S. The summed E-state index contributed by atoms with van der Waals surface area (Å²) in [6, 6.07) is 16.7. The lowest BCUT2D eigenvalue weighted by atomic mass is 10.1. The number of thiophene rings is 1. The van der Waals surface area contributed by atoms with E-state index in [4.69, 9.17) is 5.73 Å².